The molecule has 3 N–H and O–H groups in total. The number of nitrogens with zero attached hydrogens (tertiary/aromatic N) is 1. The van der Waals surface area contributed by atoms with Gasteiger partial charge in [-0.25, -0.2) is 13.1 Å². The Hall–Kier alpha value is -1.44. The maximum atomic E-state index is 12.4. The Kier molecular flexibility index (Phi) is 6.10. The van der Waals surface area contributed by atoms with Crippen molar-refractivity contribution < 1.29 is 13.2 Å². The van der Waals surface area contributed by atoms with E-state index in [4.69, 9.17) is 5.73 Å². The molecule has 7 heteroatoms. The summed E-state index contributed by atoms with van der Waals surface area (Å²) in [5, 5.41) is 0. The summed E-state index contributed by atoms with van der Waals surface area (Å²) in [7, 11) is -0.460. The highest BCUT2D eigenvalue weighted by Gasteiger charge is 2.24. The van der Waals surface area contributed by atoms with Gasteiger partial charge in [-0.15, -0.1) is 0 Å². The Balaban J connectivity index is 2.99. The van der Waals surface area contributed by atoms with E-state index in [1.807, 2.05) is 13.8 Å². The lowest BCUT2D eigenvalue weighted by atomic mass is 9.95. The summed E-state index contributed by atoms with van der Waals surface area (Å²) in [5.41, 5.74) is 5.88. The molecular weight excluding hydrogens is 302 g/mol. The first-order chi connectivity index (χ1) is 10.1. The molecule has 0 bridgehead atoms. The Morgan fingerprint density at radius 3 is 2.36 bits per heavy atom. The third kappa shape index (κ3) is 4.53. The summed E-state index contributed by atoms with van der Waals surface area (Å²) >= 11 is 0. The molecule has 0 saturated carbocycles. The number of nitrogens with one attached hydrogen (secondary N) is 1. The molecule has 124 valence electrons. The summed E-state index contributed by atoms with van der Waals surface area (Å²) in [6.45, 7) is 4.01. The summed E-state index contributed by atoms with van der Waals surface area (Å²) in [5.74, 6) is -0.243. The fourth-order valence-electron chi connectivity index (χ4n) is 1.88. The molecule has 0 heterocycles. The number of carbonyl (C=O) groups is 1. The molecule has 0 fully saturated rings. The minimum absolute atomic E-state index is 0.0646. The number of carbonyl (C=O) groups excluding carboxylic acids is 1. The van der Waals surface area contributed by atoms with Gasteiger partial charge in [0.05, 0.1) is 4.90 Å². The van der Waals surface area contributed by atoms with Crippen molar-refractivity contribution in [1.82, 2.24) is 9.62 Å². The van der Waals surface area contributed by atoms with Crippen LogP contribution in [0.2, 0.25) is 0 Å². The van der Waals surface area contributed by atoms with E-state index in [-0.39, 0.29) is 17.3 Å². The Bertz CT molecular complexity index is 623. The number of hydrogen-bond donors (Lipinski definition) is 2. The van der Waals surface area contributed by atoms with Gasteiger partial charge in [-0.1, -0.05) is 19.9 Å². The van der Waals surface area contributed by atoms with Gasteiger partial charge in [0, 0.05) is 31.7 Å². The van der Waals surface area contributed by atoms with Gasteiger partial charge in [0.25, 0.3) is 5.91 Å². The second-order valence-corrected chi connectivity index (χ2v) is 7.39. The summed E-state index contributed by atoms with van der Waals surface area (Å²) in [6.07, 6.45) is 1.34. The summed E-state index contributed by atoms with van der Waals surface area (Å²) in [6, 6.07) is 5.99. The standard InChI is InChI=1S/C15H25N3O3S/c1-5-15(16,6-2)11-17-22(20,21)13-9-7-8-12(10-13)14(19)18(3)4/h7-10,17H,5-6,11,16H2,1-4H3. The monoisotopic (exact) mass is 327 g/mol. The van der Waals surface area contributed by atoms with Gasteiger partial charge in [0.2, 0.25) is 10.0 Å². The summed E-state index contributed by atoms with van der Waals surface area (Å²) in [4.78, 5) is 13.4. The molecule has 0 saturated heterocycles. The molecule has 0 aliphatic heterocycles. The van der Waals surface area contributed by atoms with Crippen LogP contribution in [0.3, 0.4) is 0 Å². The first-order valence-corrected chi connectivity index (χ1v) is 8.74. The molecule has 6 nitrogen and oxygen atoms in total. The van der Waals surface area contributed by atoms with Crippen molar-refractivity contribution in [2.45, 2.75) is 37.1 Å². The predicted octanol–water partition coefficient (Wildman–Crippen LogP) is 1.18. The maximum absolute atomic E-state index is 12.4. The number of amides is 1. The Morgan fingerprint density at radius 2 is 1.86 bits per heavy atom. The van der Waals surface area contributed by atoms with Crippen molar-refractivity contribution in [2.75, 3.05) is 20.6 Å². The van der Waals surface area contributed by atoms with E-state index in [2.05, 4.69) is 4.72 Å². The van der Waals surface area contributed by atoms with Crippen LogP contribution in [0.4, 0.5) is 0 Å². The Morgan fingerprint density at radius 1 is 1.27 bits per heavy atom. The minimum atomic E-state index is -3.70. The highest BCUT2D eigenvalue weighted by atomic mass is 32.2. The molecule has 0 aliphatic rings. The van der Waals surface area contributed by atoms with Crippen LogP contribution < -0.4 is 10.5 Å². The fourth-order valence-corrected chi connectivity index (χ4v) is 3.06. The van der Waals surface area contributed by atoms with Gasteiger partial charge in [0.1, 0.15) is 0 Å². The SMILES string of the molecule is CCC(N)(CC)CNS(=O)(=O)c1cccc(C(=O)N(C)C)c1. The number of hydrogen-bond acceptors (Lipinski definition) is 4. The molecule has 0 aromatic heterocycles. The van der Waals surface area contributed by atoms with Gasteiger partial charge in [-0.05, 0) is 31.0 Å². The second kappa shape index (κ2) is 7.21. The minimum Gasteiger partial charge on any atom is -0.345 e. The zero-order valence-electron chi connectivity index (χ0n) is 13.6. The molecule has 0 aliphatic carbocycles. The van der Waals surface area contributed by atoms with E-state index in [0.717, 1.165) is 0 Å². The van der Waals surface area contributed by atoms with E-state index in [1.54, 1.807) is 26.2 Å². The molecule has 0 atom stereocenters. The van der Waals surface area contributed by atoms with E-state index in [1.165, 1.54) is 17.0 Å². The van der Waals surface area contributed by atoms with E-state index in [9.17, 15) is 13.2 Å². The van der Waals surface area contributed by atoms with Gasteiger partial charge >= 0.3 is 0 Å². The number of nitrogens with two attached hydrogens (primary N) is 1. The Labute approximate surface area is 132 Å². The van der Waals surface area contributed by atoms with Gasteiger partial charge in [-0.3, -0.25) is 4.79 Å². The van der Waals surface area contributed by atoms with Crippen LogP contribution >= 0.6 is 0 Å². The van der Waals surface area contributed by atoms with Crippen molar-refractivity contribution >= 4 is 15.9 Å². The van der Waals surface area contributed by atoms with E-state index >= 15 is 0 Å². The van der Waals surface area contributed by atoms with Crippen molar-refractivity contribution in [2.24, 2.45) is 5.73 Å². The molecular formula is C15H25N3O3S. The zero-order chi connectivity index (χ0) is 17.0. The molecule has 1 aromatic rings. The first-order valence-electron chi connectivity index (χ1n) is 7.25. The van der Waals surface area contributed by atoms with Crippen LogP contribution in [-0.4, -0.2) is 45.4 Å². The van der Waals surface area contributed by atoms with Crippen molar-refractivity contribution in [3.05, 3.63) is 29.8 Å². The van der Waals surface area contributed by atoms with E-state index in [0.29, 0.717) is 18.4 Å². The van der Waals surface area contributed by atoms with E-state index < -0.39 is 15.6 Å². The highest BCUT2D eigenvalue weighted by Crippen LogP contribution is 2.15. The average Bonchev–Trinajstić information content (AvgIpc) is 2.52. The molecule has 1 aromatic carbocycles. The van der Waals surface area contributed by atoms with Crippen LogP contribution in [0.15, 0.2) is 29.2 Å². The molecule has 0 spiro atoms. The van der Waals surface area contributed by atoms with Crippen molar-refractivity contribution in [3.63, 3.8) is 0 Å². The van der Waals surface area contributed by atoms with Crippen LogP contribution in [0, 0.1) is 0 Å². The van der Waals surface area contributed by atoms with Crippen LogP contribution in [-0.2, 0) is 10.0 Å². The molecule has 22 heavy (non-hydrogen) atoms. The molecule has 0 radical (unpaired) electrons. The number of sulfonamides is 1. The fraction of sp³-hybridized carbons (Fsp3) is 0.533. The predicted molar refractivity (Wildman–Crippen MR) is 87.1 cm³/mol. The van der Waals surface area contributed by atoms with Gasteiger partial charge < -0.3 is 10.6 Å². The third-order valence-corrected chi connectivity index (χ3v) is 5.22. The van der Waals surface area contributed by atoms with Gasteiger partial charge in [0.15, 0.2) is 0 Å². The van der Waals surface area contributed by atoms with Gasteiger partial charge in [-0.2, -0.15) is 0 Å². The van der Waals surface area contributed by atoms with Crippen LogP contribution in [0.1, 0.15) is 37.0 Å². The molecule has 1 rings (SSSR count). The van der Waals surface area contributed by atoms with Crippen molar-refractivity contribution in [3.8, 4) is 0 Å². The summed E-state index contributed by atoms with van der Waals surface area (Å²) < 4.78 is 27.3. The quantitative estimate of drug-likeness (QED) is 0.786. The first kappa shape index (κ1) is 18.6. The largest absolute Gasteiger partial charge is 0.345 e. The highest BCUT2D eigenvalue weighted by molar-refractivity contribution is 7.89. The smallest absolute Gasteiger partial charge is 0.253 e. The number of rotatable bonds is 7. The van der Waals surface area contributed by atoms with Crippen molar-refractivity contribution in [1.29, 1.82) is 0 Å². The normalized spacial score (nSPS) is 12.2. The lowest BCUT2D eigenvalue weighted by Crippen LogP contribution is -2.49. The second-order valence-electron chi connectivity index (χ2n) is 5.62. The lowest BCUT2D eigenvalue weighted by Gasteiger charge is -2.26. The topological polar surface area (TPSA) is 92.5 Å². The molecule has 0 unspecified atom stereocenters. The third-order valence-electron chi connectivity index (χ3n) is 3.82. The molecule has 1 amide bonds. The lowest BCUT2D eigenvalue weighted by molar-refractivity contribution is 0.0827. The van der Waals surface area contributed by atoms with Crippen LogP contribution in [0.25, 0.3) is 0 Å². The number of benzene rings is 1. The average molecular weight is 327 g/mol. The van der Waals surface area contributed by atoms with Crippen LogP contribution in [0.5, 0.6) is 0 Å². The zero-order valence-corrected chi connectivity index (χ0v) is 14.4. The maximum Gasteiger partial charge on any atom is 0.253 e.